The van der Waals surface area contributed by atoms with Gasteiger partial charge in [0, 0.05) is 5.56 Å². The minimum Gasteiger partial charge on any atom is -0.504 e. The van der Waals surface area contributed by atoms with E-state index in [2.05, 4.69) is 20.8 Å². The van der Waals surface area contributed by atoms with Gasteiger partial charge in [0.05, 0.1) is 21.0 Å². The highest BCUT2D eigenvalue weighted by Gasteiger charge is 2.18. The first-order valence-electron chi connectivity index (χ1n) is 9.53. The van der Waals surface area contributed by atoms with Crippen molar-refractivity contribution >= 4 is 49.1 Å². The topological polar surface area (TPSA) is 241 Å². The van der Waals surface area contributed by atoms with Crippen LogP contribution in [0.4, 0.5) is 17.1 Å². The summed E-state index contributed by atoms with van der Waals surface area (Å²) in [5, 5.41) is 31.1. The highest BCUT2D eigenvalue weighted by atomic mass is 32.2. The number of phenols is 1. The molecule has 0 aliphatic rings. The van der Waals surface area contributed by atoms with Crippen molar-refractivity contribution in [3.8, 4) is 5.75 Å². The summed E-state index contributed by atoms with van der Waals surface area (Å²) in [7, 11) is -9.35. The second-order valence-electron chi connectivity index (χ2n) is 6.96. The Bertz CT molecular complexity index is 1600. The molecule has 0 saturated carbocycles. The lowest BCUT2D eigenvalue weighted by Crippen LogP contribution is -2.05. The van der Waals surface area contributed by atoms with Gasteiger partial charge in [-0.1, -0.05) is 30.3 Å². The Labute approximate surface area is 203 Å². The van der Waals surface area contributed by atoms with Gasteiger partial charge in [0.15, 0.2) is 5.75 Å². The van der Waals surface area contributed by atoms with Crippen LogP contribution < -0.4 is 11.2 Å². The molecule has 16 heteroatoms. The van der Waals surface area contributed by atoms with Crippen LogP contribution in [0.25, 0.3) is 0 Å². The number of nitrogen functional groups attached to an aromatic ring is 1. The van der Waals surface area contributed by atoms with E-state index in [0.29, 0.717) is 5.56 Å². The number of rotatable bonds is 7. The zero-order valence-electron chi connectivity index (χ0n) is 17.8. The number of nitrogens with two attached hydrogens (primary N) is 1. The van der Waals surface area contributed by atoms with Crippen LogP contribution >= 0.6 is 0 Å². The summed E-state index contributed by atoms with van der Waals surface area (Å²) < 4.78 is 64.4. The number of hydrogen-bond donors (Lipinski definition) is 6. The molecule has 0 saturated heterocycles. The fourth-order valence-electron chi connectivity index (χ4n) is 2.75. The van der Waals surface area contributed by atoms with Gasteiger partial charge >= 0.3 is 5.97 Å². The Morgan fingerprint density at radius 2 is 1.53 bits per heavy atom. The van der Waals surface area contributed by atoms with Gasteiger partial charge in [-0.2, -0.15) is 21.9 Å². The van der Waals surface area contributed by atoms with Crippen LogP contribution in [-0.2, 0) is 20.2 Å². The fourth-order valence-corrected chi connectivity index (χ4v) is 3.79. The van der Waals surface area contributed by atoms with E-state index in [0.717, 1.165) is 30.3 Å². The summed E-state index contributed by atoms with van der Waals surface area (Å²) in [6.07, 6.45) is 0. The largest absolute Gasteiger partial charge is 0.504 e. The minimum atomic E-state index is -4.68. The molecule has 0 spiro atoms. The molecule has 0 aliphatic carbocycles. The maximum absolute atomic E-state index is 11.5. The van der Waals surface area contributed by atoms with Crippen molar-refractivity contribution < 1.29 is 40.9 Å². The lowest BCUT2D eigenvalue weighted by Gasteiger charge is -2.09. The third-order valence-electron chi connectivity index (χ3n) is 4.47. The second kappa shape index (κ2) is 10.1. The van der Waals surface area contributed by atoms with Gasteiger partial charge in [-0.25, -0.2) is 4.79 Å². The Kier molecular flexibility index (Phi) is 7.35. The number of hydrogen-bond acceptors (Lipinski definition) is 10. The van der Waals surface area contributed by atoms with Crippen LogP contribution in [-0.4, -0.2) is 48.0 Å². The summed E-state index contributed by atoms with van der Waals surface area (Å²) in [4.78, 5) is 10.3. The van der Waals surface area contributed by atoms with Crippen molar-refractivity contribution in [2.75, 3.05) is 11.2 Å². The normalized spacial score (nSPS) is 12.6. The van der Waals surface area contributed by atoms with Gasteiger partial charge in [0.25, 0.3) is 20.2 Å². The first-order chi connectivity index (χ1) is 16.8. The Balaban J connectivity index is 2.11. The Morgan fingerprint density at radius 3 is 2.11 bits per heavy atom. The van der Waals surface area contributed by atoms with Crippen molar-refractivity contribution in [3.05, 3.63) is 71.8 Å². The van der Waals surface area contributed by atoms with Gasteiger partial charge in [-0.15, -0.1) is 10.2 Å². The molecular weight excluding hydrogens is 518 g/mol. The molecular formula is C20H17N5O9S2. The van der Waals surface area contributed by atoms with Crippen LogP contribution in [0.2, 0.25) is 0 Å². The van der Waals surface area contributed by atoms with Gasteiger partial charge in [0.2, 0.25) is 5.84 Å². The fraction of sp³-hybridized carbons (Fsp3) is 0. The number of amidine groups is 1. The number of carboxylic acids is 1. The van der Waals surface area contributed by atoms with E-state index in [1.807, 2.05) is 0 Å². The summed E-state index contributed by atoms with van der Waals surface area (Å²) in [6.45, 7) is 0. The van der Waals surface area contributed by atoms with E-state index in [4.69, 9.17) is 5.73 Å². The van der Waals surface area contributed by atoms with Gasteiger partial charge in [-0.3, -0.25) is 14.5 Å². The molecule has 36 heavy (non-hydrogen) atoms. The molecule has 3 aromatic rings. The van der Waals surface area contributed by atoms with Gasteiger partial charge in [-0.05, 0) is 30.3 Å². The summed E-state index contributed by atoms with van der Waals surface area (Å²) in [5.74, 6) is -2.27. The molecule has 3 aromatic carbocycles. The molecule has 3 rings (SSSR count). The Hall–Kier alpha value is -4.38. The van der Waals surface area contributed by atoms with E-state index >= 15 is 0 Å². The quantitative estimate of drug-likeness (QED) is 0.0488. The van der Waals surface area contributed by atoms with E-state index in [1.165, 1.54) is 12.1 Å². The maximum Gasteiger partial charge on any atom is 0.337 e. The molecule has 7 N–H and O–H groups in total. The predicted octanol–water partition coefficient (Wildman–Crippen LogP) is 2.72. The molecule has 0 bridgehead atoms. The molecule has 14 nitrogen and oxygen atoms in total. The van der Waals surface area contributed by atoms with E-state index in [-0.39, 0.29) is 17.2 Å². The highest BCUT2D eigenvalue weighted by Crippen LogP contribution is 2.33. The molecule has 0 atom stereocenters. The number of benzene rings is 3. The monoisotopic (exact) mass is 535 g/mol. The van der Waals surface area contributed by atoms with E-state index in [1.54, 1.807) is 18.2 Å². The molecule has 0 heterocycles. The number of aromatic hydroxyl groups is 1. The Morgan fingerprint density at radius 1 is 0.889 bits per heavy atom. The number of aromatic carboxylic acids is 1. The molecule has 0 radical (unpaired) electrons. The maximum atomic E-state index is 11.5. The molecule has 188 valence electrons. The standard InChI is InChI=1S/C20H17N5O9S2/c21-15-8-13(36(32,33)34)10-17(18(15)26)23-25-19(11-4-2-1-3-5-11)24-22-16-9-12(35(29,30)31)6-7-14(16)20(27)28/h1-10,23,26H,21H2,(H,27,28)(H,29,30,31)(H,32,33,34). The first kappa shape index (κ1) is 26.2. The van der Waals surface area contributed by atoms with Crippen molar-refractivity contribution in [1.29, 1.82) is 0 Å². The predicted molar refractivity (Wildman–Crippen MR) is 127 cm³/mol. The average Bonchev–Trinajstić information content (AvgIpc) is 2.80. The average molecular weight is 536 g/mol. The van der Waals surface area contributed by atoms with Crippen LogP contribution in [0.15, 0.2) is 85.8 Å². The molecule has 0 aromatic heterocycles. The number of nitrogens with zero attached hydrogens (tertiary/aromatic N) is 3. The second-order valence-corrected chi connectivity index (χ2v) is 9.80. The number of carbonyl (C=O) groups is 1. The first-order valence-corrected chi connectivity index (χ1v) is 12.4. The lowest BCUT2D eigenvalue weighted by atomic mass is 10.2. The number of anilines is 2. The minimum absolute atomic E-state index is 0.223. The molecule has 0 fully saturated rings. The van der Waals surface area contributed by atoms with E-state index in [9.17, 15) is 40.9 Å². The van der Waals surface area contributed by atoms with Crippen LogP contribution in [0.3, 0.4) is 0 Å². The van der Waals surface area contributed by atoms with Gasteiger partial charge < -0.3 is 15.9 Å². The number of phenolic OH excluding ortho intramolecular Hbond substituents is 1. The third-order valence-corrected chi connectivity index (χ3v) is 6.16. The zero-order chi connectivity index (χ0) is 26.7. The number of hydrazone groups is 1. The number of carboxylic acid groups (broad SMARTS) is 1. The summed E-state index contributed by atoms with van der Waals surface area (Å²) >= 11 is 0. The third kappa shape index (κ3) is 6.19. The summed E-state index contributed by atoms with van der Waals surface area (Å²) in [6, 6.07) is 12.2. The molecule has 0 aliphatic heterocycles. The van der Waals surface area contributed by atoms with Crippen LogP contribution in [0.1, 0.15) is 15.9 Å². The van der Waals surface area contributed by atoms with Crippen molar-refractivity contribution in [2.45, 2.75) is 9.79 Å². The zero-order valence-corrected chi connectivity index (χ0v) is 19.5. The lowest BCUT2D eigenvalue weighted by molar-refractivity contribution is 0.0697. The van der Waals surface area contributed by atoms with Crippen molar-refractivity contribution in [3.63, 3.8) is 0 Å². The smallest absolute Gasteiger partial charge is 0.337 e. The number of azo groups is 1. The molecule has 0 amide bonds. The molecule has 0 unspecified atom stereocenters. The van der Waals surface area contributed by atoms with Crippen LogP contribution in [0, 0.1) is 0 Å². The SMILES string of the molecule is Nc1cc(S(=O)(=O)O)cc(NN=C(N=Nc2cc(S(=O)(=O)O)ccc2C(=O)O)c2ccccc2)c1O. The van der Waals surface area contributed by atoms with Gasteiger partial charge in [0.1, 0.15) is 11.4 Å². The van der Waals surface area contributed by atoms with E-state index < -0.39 is 53.0 Å². The summed E-state index contributed by atoms with van der Waals surface area (Å²) in [5.41, 5.74) is 6.67. The van der Waals surface area contributed by atoms with Crippen LogP contribution in [0.5, 0.6) is 5.75 Å². The van der Waals surface area contributed by atoms with Crippen molar-refractivity contribution in [2.24, 2.45) is 15.3 Å². The highest BCUT2D eigenvalue weighted by molar-refractivity contribution is 7.86. The van der Waals surface area contributed by atoms with Crippen molar-refractivity contribution in [1.82, 2.24) is 0 Å². The number of nitrogens with one attached hydrogen (secondary N) is 1.